The maximum Gasteiger partial charge on any atom is 0.334 e. The van der Waals surface area contributed by atoms with Gasteiger partial charge in [-0.05, 0) is 31.2 Å². The molecule has 2 amide bonds. The second-order valence-electron chi connectivity index (χ2n) is 5.98. The van der Waals surface area contributed by atoms with Gasteiger partial charge in [-0.3, -0.25) is 24.6 Å². The number of hydrogen-bond acceptors (Lipinski definition) is 7. The summed E-state index contributed by atoms with van der Waals surface area (Å²) in [6.07, 6.45) is 0. The SMILES string of the molecule is COc1ccc(OC(=O)[C@H](C)N2C(=O)c3cc(Cl)c(Cl)cc3C2=O)c([N+](=O)[O-])c1. The van der Waals surface area contributed by atoms with E-state index in [0.717, 1.165) is 6.07 Å². The number of nitro groups is 1. The van der Waals surface area contributed by atoms with Crippen LogP contribution in [0, 0.1) is 10.1 Å². The van der Waals surface area contributed by atoms with Gasteiger partial charge in [-0.25, -0.2) is 4.79 Å². The molecule has 2 aromatic rings. The number of carbonyl (C=O) groups excluding carboxylic acids is 3. The molecule has 0 saturated heterocycles. The topological polar surface area (TPSA) is 116 Å². The Morgan fingerprint density at radius 3 is 2.14 bits per heavy atom. The van der Waals surface area contributed by atoms with Crippen LogP contribution in [0.3, 0.4) is 0 Å². The summed E-state index contributed by atoms with van der Waals surface area (Å²) in [7, 11) is 1.33. The Bertz CT molecular complexity index is 1030. The predicted molar refractivity (Wildman–Crippen MR) is 102 cm³/mol. The van der Waals surface area contributed by atoms with E-state index in [1.54, 1.807) is 0 Å². The summed E-state index contributed by atoms with van der Waals surface area (Å²) < 4.78 is 10.0. The third-order valence-corrected chi connectivity index (χ3v) is 4.98. The van der Waals surface area contributed by atoms with Crippen LogP contribution in [-0.2, 0) is 4.79 Å². The standard InChI is InChI=1S/C18H12Cl2N2O7/c1-8(18(25)29-15-4-3-9(28-2)5-14(15)22(26)27)21-16(23)10-6-12(19)13(20)7-11(10)17(21)24/h3-8H,1-2H3/t8-/m0/s1. The number of methoxy groups -OCH3 is 1. The summed E-state index contributed by atoms with van der Waals surface area (Å²) in [5, 5.41) is 11.4. The molecule has 0 N–H and O–H groups in total. The van der Waals surface area contributed by atoms with Crippen molar-refractivity contribution in [3.05, 3.63) is 61.6 Å². The Kier molecular flexibility index (Phi) is 5.45. The monoisotopic (exact) mass is 438 g/mol. The Balaban J connectivity index is 1.87. The van der Waals surface area contributed by atoms with Crippen LogP contribution >= 0.6 is 23.2 Å². The summed E-state index contributed by atoms with van der Waals surface area (Å²) in [6.45, 7) is 1.27. The van der Waals surface area contributed by atoms with E-state index in [4.69, 9.17) is 32.7 Å². The number of halogens is 2. The first-order valence-corrected chi connectivity index (χ1v) is 8.82. The number of carbonyl (C=O) groups is 3. The number of imide groups is 1. The first kappa shape index (κ1) is 20.6. The molecule has 0 fully saturated rings. The molecule has 0 unspecified atom stereocenters. The van der Waals surface area contributed by atoms with Crippen LogP contribution in [0.25, 0.3) is 0 Å². The molecular formula is C18H12Cl2N2O7. The number of nitrogens with zero attached hydrogens (tertiary/aromatic N) is 2. The minimum absolute atomic E-state index is 0.000483. The highest BCUT2D eigenvalue weighted by atomic mass is 35.5. The van der Waals surface area contributed by atoms with Crippen molar-refractivity contribution in [3.8, 4) is 11.5 Å². The molecule has 0 saturated carbocycles. The molecule has 0 aliphatic carbocycles. The number of fused-ring (bicyclic) bond motifs is 1. The van der Waals surface area contributed by atoms with E-state index in [9.17, 15) is 24.5 Å². The van der Waals surface area contributed by atoms with Crippen LogP contribution in [0.5, 0.6) is 11.5 Å². The number of hydrogen-bond donors (Lipinski definition) is 0. The van der Waals surface area contributed by atoms with Crippen molar-refractivity contribution in [2.75, 3.05) is 7.11 Å². The lowest BCUT2D eigenvalue weighted by atomic mass is 10.1. The molecule has 0 bridgehead atoms. The van der Waals surface area contributed by atoms with E-state index < -0.39 is 34.4 Å². The molecule has 1 atom stereocenters. The molecule has 1 aliphatic heterocycles. The van der Waals surface area contributed by atoms with Crippen molar-refractivity contribution < 1.29 is 28.8 Å². The molecule has 0 spiro atoms. The van der Waals surface area contributed by atoms with Crippen molar-refractivity contribution in [2.24, 2.45) is 0 Å². The van der Waals surface area contributed by atoms with Gasteiger partial charge in [0.15, 0.2) is 0 Å². The maximum atomic E-state index is 12.6. The van der Waals surface area contributed by atoms with Gasteiger partial charge in [0.1, 0.15) is 11.8 Å². The maximum absolute atomic E-state index is 12.6. The van der Waals surface area contributed by atoms with Gasteiger partial charge < -0.3 is 9.47 Å². The first-order valence-electron chi connectivity index (χ1n) is 8.06. The van der Waals surface area contributed by atoms with Gasteiger partial charge >= 0.3 is 11.7 Å². The number of esters is 1. The Hall–Kier alpha value is -3.17. The van der Waals surface area contributed by atoms with Crippen LogP contribution in [0.15, 0.2) is 30.3 Å². The zero-order valence-electron chi connectivity index (χ0n) is 15.0. The largest absolute Gasteiger partial charge is 0.496 e. The number of benzene rings is 2. The third-order valence-electron chi connectivity index (χ3n) is 4.26. The van der Waals surface area contributed by atoms with Crippen LogP contribution in [-0.4, -0.2) is 40.8 Å². The minimum Gasteiger partial charge on any atom is -0.496 e. The van der Waals surface area contributed by atoms with Gasteiger partial charge in [-0.1, -0.05) is 23.2 Å². The van der Waals surface area contributed by atoms with Gasteiger partial charge in [-0.15, -0.1) is 0 Å². The fourth-order valence-electron chi connectivity index (χ4n) is 2.76. The van der Waals surface area contributed by atoms with E-state index >= 15 is 0 Å². The van der Waals surface area contributed by atoms with Crippen molar-refractivity contribution >= 4 is 46.7 Å². The van der Waals surface area contributed by atoms with Crippen molar-refractivity contribution in [3.63, 3.8) is 0 Å². The minimum atomic E-state index is -1.36. The summed E-state index contributed by atoms with van der Waals surface area (Å²) in [5.74, 6) is -2.70. The van der Waals surface area contributed by atoms with Crippen LogP contribution in [0.2, 0.25) is 10.0 Å². The molecule has 1 heterocycles. The summed E-state index contributed by atoms with van der Waals surface area (Å²) in [6, 6.07) is 4.76. The van der Waals surface area contributed by atoms with Crippen molar-refractivity contribution in [2.45, 2.75) is 13.0 Å². The van der Waals surface area contributed by atoms with Crippen molar-refractivity contribution in [1.29, 1.82) is 0 Å². The zero-order valence-corrected chi connectivity index (χ0v) is 16.5. The molecular weight excluding hydrogens is 427 g/mol. The van der Waals surface area contributed by atoms with Gasteiger partial charge in [0.05, 0.1) is 39.3 Å². The Labute approximate surface area is 173 Å². The number of ether oxygens (including phenoxy) is 2. The Morgan fingerprint density at radius 1 is 1.10 bits per heavy atom. The average Bonchev–Trinajstić information content (AvgIpc) is 2.91. The highest BCUT2D eigenvalue weighted by molar-refractivity contribution is 6.43. The lowest BCUT2D eigenvalue weighted by Crippen LogP contribution is -2.44. The average molecular weight is 439 g/mol. The molecule has 3 rings (SSSR count). The van der Waals surface area contributed by atoms with E-state index in [2.05, 4.69) is 0 Å². The van der Waals surface area contributed by atoms with E-state index in [-0.39, 0.29) is 32.7 Å². The predicted octanol–water partition coefficient (Wildman–Crippen LogP) is 3.50. The van der Waals surface area contributed by atoms with E-state index in [1.807, 2.05) is 0 Å². The highest BCUT2D eigenvalue weighted by Gasteiger charge is 2.42. The smallest absolute Gasteiger partial charge is 0.334 e. The number of amides is 2. The van der Waals surface area contributed by atoms with Crippen LogP contribution < -0.4 is 9.47 Å². The summed E-state index contributed by atoms with van der Waals surface area (Å²) >= 11 is 11.8. The molecule has 9 nitrogen and oxygen atoms in total. The van der Waals surface area contributed by atoms with Gasteiger partial charge in [0.25, 0.3) is 11.8 Å². The summed E-state index contributed by atoms with van der Waals surface area (Å²) in [4.78, 5) is 48.9. The second-order valence-corrected chi connectivity index (χ2v) is 6.79. The quantitative estimate of drug-likeness (QED) is 0.230. The number of rotatable bonds is 5. The second kappa shape index (κ2) is 7.69. The van der Waals surface area contributed by atoms with Crippen molar-refractivity contribution in [1.82, 2.24) is 4.90 Å². The summed E-state index contributed by atoms with van der Waals surface area (Å²) in [5.41, 5.74) is -0.509. The fourth-order valence-corrected chi connectivity index (χ4v) is 3.08. The van der Waals surface area contributed by atoms with Gasteiger partial charge in [-0.2, -0.15) is 0 Å². The highest BCUT2D eigenvalue weighted by Crippen LogP contribution is 2.34. The Morgan fingerprint density at radius 2 is 1.66 bits per heavy atom. The number of nitro benzene ring substituents is 1. The normalized spacial score (nSPS) is 13.9. The van der Waals surface area contributed by atoms with Gasteiger partial charge in [0.2, 0.25) is 5.75 Å². The molecule has 2 aromatic carbocycles. The van der Waals surface area contributed by atoms with Crippen LogP contribution in [0.1, 0.15) is 27.6 Å². The molecule has 150 valence electrons. The zero-order chi connectivity index (χ0) is 21.5. The molecule has 29 heavy (non-hydrogen) atoms. The van der Waals surface area contributed by atoms with Gasteiger partial charge in [0, 0.05) is 0 Å². The van der Waals surface area contributed by atoms with E-state index in [1.165, 1.54) is 38.3 Å². The molecule has 0 radical (unpaired) electrons. The lowest BCUT2D eigenvalue weighted by molar-refractivity contribution is -0.385. The van der Waals surface area contributed by atoms with Crippen LogP contribution in [0.4, 0.5) is 5.69 Å². The molecule has 11 heteroatoms. The third kappa shape index (κ3) is 3.62. The lowest BCUT2D eigenvalue weighted by Gasteiger charge is -2.20. The molecule has 1 aliphatic rings. The first-order chi connectivity index (χ1) is 13.6. The molecule has 0 aromatic heterocycles. The van der Waals surface area contributed by atoms with E-state index in [0.29, 0.717) is 4.90 Å². The fraction of sp³-hybridized carbons (Fsp3) is 0.167.